The lowest BCUT2D eigenvalue weighted by Gasteiger charge is -2.05. The van der Waals surface area contributed by atoms with Crippen molar-refractivity contribution in [3.63, 3.8) is 0 Å². The summed E-state index contributed by atoms with van der Waals surface area (Å²) >= 11 is 0. The predicted molar refractivity (Wildman–Crippen MR) is 24.8 cm³/mol. The maximum atomic E-state index is 7.90. The van der Waals surface area contributed by atoms with Crippen LogP contribution >= 0.6 is 0 Å². The first kappa shape index (κ1) is 6.88. The molecule has 0 aromatic carbocycles. The molecule has 0 aliphatic rings. The van der Waals surface area contributed by atoms with E-state index in [2.05, 4.69) is 9.62 Å². The van der Waals surface area contributed by atoms with E-state index in [-0.39, 0.29) is 0 Å². The van der Waals surface area contributed by atoms with Crippen LogP contribution in [0.15, 0.2) is 0 Å². The molecule has 7 heavy (non-hydrogen) atoms. The number of rotatable bonds is 3. The fourth-order valence-corrected chi connectivity index (χ4v) is 0.284. The van der Waals surface area contributed by atoms with Gasteiger partial charge in [-0.2, -0.15) is 0 Å². The molecule has 0 heterocycles. The maximum Gasteiger partial charge on any atom is 0.190 e. The van der Waals surface area contributed by atoms with Crippen LogP contribution in [-0.4, -0.2) is 18.7 Å². The van der Waals surface area contributed by atoms with Crippen LogP contribution in [0.4, 0.5) is 0 Å². The second-order valence-electron chi connectivity index (χ2n) is 1.18. The molecule has 3 nitrogen and oxygen atoms in total. The maximum absolute atomic E-state index is 7.90. The topological polar surface area (TPSA) is 38.7 Å². The van der Waals surface area contributed by atoms with Crippen molar-refractivity contribution in [2.45, 2.75) is 19.6 Å². The smallest absolute Gasteiger partial charge is 0.190 e. The highest BCUT2D eigenvalue weighted by molar-refractivity contribution is 4.29. The van der Waals surface area contributed by atoms with Gasteiger partial charge in [-0.1, -0.05) is 6.92 Å². The van der Waals surface area contributed by atoms with Crippen LogP contribution in [0, 0.1) is 0 Å². The van der Waals surface area contributed by atoms with Gasteiger partial charge in [0.25, 0.3) is 0 Å². The van der Waals surface area contributed by atoms with Gasteiger partial charge in [-0.25, -0.2) is 10.1 Å². The Morgan fingerprint density at radius 3 is 2.29 bits per heavy atom. The van der Waals surface area contributed by atoms with E-state index >= 15 is 0 Å². The van der Waals surface area contributed by atoms with Crippen LogP contribution in [0.5, 0.6) is 0 Å². The molecule has 1 atom stereocenters. The minimum Gasteiger partial charge on any atom is -0.353 e. The highest BCUT2D eigenvalue weighted by Crippen LogP contribution is 1.93. The lowest BCUT2D eigenvalue weighted by Crippen LogP contribution is -2.10. The number of methoxy groups -OCH3 is 1. The van der Waals surface area contributed by atoms with Gasteiger partial charge in [0, 0.05) is 7.11 Å². The Labute approximate surface area is 42.8 Å². The lowest BCUT2D eigenvalue weighted by atomic mass is 10.5. The van der Waals surface area contributed by atoms with Gasteiger partial charge in [0.2, 0.25) is 0 Å². The lowest BCUT2D eigenvalue weighted by molar-refractivity contribution is -0.340. The Morgan fingerprint density at radius 2 is 2.29 bits per heavy atom. The Balaban J connectivity index is 2.99. The Morgan fingerprint density at radius 1 is 1.71 bits per heavy atom. The van der Waals surface area contributed by atoms with Crippen molar-refractivity contribution in [2.75, 3.05) is 7.11 Å². The monoisotopic (exact) mass is 106 g/mol. The van der Waals surface area contributed by atoms with Crippen LogP contribution in [0.1, 0.15) is 13.3 Å². The third kappa shape index (κ3) is 2.56. The van der Waals surface area contributed by atoms with Crippen molar-refractivity contribution >= 4 is 0 Å². The van der Waals surface area contributed by atoms with Crippen molar-refractivity contribution in [2.24, 2.45) is 0 Å². The van der Waals surface area contributed by atoms with Crippen molar-refractivity contribution in [3.8, 4) is 0 Å². The summed E-state index contributed by atoms with van der Waals surface area (Å²) in [7, 11) is 1.48. The molecule has 3 heteroatoms. The zero-order chi connectivity index (χ0) is 5.70. The summed E-state index contributed by atoms with van der Waals surface area (Å²) in [4.78, 5) is 3.83. The molecule has 1 N–H and O–H groups in total. The third-order valence-electron chi connectivity index (χ3n) is 0.714. The average Bonchev–Trinajstić information content (AvgIpc) is 1.72. The Hall–Kier alpha value is -0.120. The predicted octanol–water partition coefficient (Wildman–Crippen LogP) is 0.859. The van der Waals surface area contributed by atoms with E-state index in [1.165, 1.54) is 7.11 Å². The summed E-state index contributed by atoms with van der Waals surface area (Å²) in [5, 5.41) is 7.90. The molecular weight excluding hydrogens is 96.0 g/mol. The fourth-order valence-electron chi connectivity index (χ4n) is 0.284. The molecule has 0 aliphatic heterocycles. The minimum absolute atomic E-state index is 0.458. The van der Waals surface area contributed by atoms with E-state index in [0.717, 1.165) is 0 Å². The fraction of sp³-hybridized carbons (Fsp3) is 1.00. The second-order valence-corrected chi connectivity index (χ2v) is 1.18. The normalized spacial score (nSPS) is 14.1. The molecule has 1 unspecified atom stereocenters. The molecule has 0 saturated carbocycles. The SMILES string of the molecule is CCC(OC)OO. The molecule has 0 bridgehead atoms. The van der Waals surface area contributed by atoms with Gasteiger partial charge in [-0.3, -0.25) is 0 Å². The van der Waals surface area contributed by atoms with E-state index in [4.69, 9.17) is 5.26 Å². The van der Waals surface area contributed by atoms with Crippen LogP contribution in [0.3, 0.4) is 0 Å². The van der Waals surface area contributed by atoms with Gasteiger partial charge < -0.3 is 4.74 Å². The number of hydrogen-bond acceptors (Lipinski definition) is 3. The standard InChI is InChI=1S/C4H10O3/c1-3-4(6-2)7-5/h4-5H,3H2,1-2H3. The molecule has 0 aliphatic carbocycles. The Kier molecular flexibility index (Phi) is 3.98. The van der Waals surface area contributed by atoms with E-state index in [1.54, 1.807) is 0 Å². The molecular formula is C4H10O3. The van der Waals surface area contributed by atoms with Crippen molar-refractivity contribution in [1.29, 1.82) is 0 Å². The van der Waals surface area contributed by atoms with Crippen molar-refractivity contribution in [3.05, 3.63) is 0 Å². The van der Waals surface area contributed by atoms with E-state index < -0.39 is 6.29 Å². The van der Waals surface area contributed by atoms with Crippen LogP contribution in [0.2, 0.25) is 0 Å². The zero-order valence-corrected chi connectivity index (χ0v) is 4.55. The summed E-state index contributed by atoms with van der Waals surface area (Å²) in [6.45, 7) is 1.85. The molecule has 0 saturated heterocycles. The van der Waals surface area contributed by atoms with E-state index in [9.17, 15) is 0 Å². The summed E-state index contributed by atoms with van der Waals surface area (Å²) in [6.07, 6.45) is 0.201. The number of hydrogen-bond donors (Lipinski definition) is 1. The summed E-state index contributed by atoms with van der Waals surface area (Å²) in [5.74, 6) is 0. The first-order valence-corrected chi connectivity index (χ1v) is 2.18. The molecule has 0 radical (unpaired) electrons. The Bertz CT molecular complexity index is 28.4. The summed E-state index contributed by atoms with van der Waals surface area (Å²) in [6, 6.07) is 0. The zero-order valence-electron chi connectivity index (χ0n) is 4.55. The van der Waals surface area contributed by atoms with Gasteiger partial charge >= 0.3 is 0 Å². The average molecular weight is 106 g/mol. The van der Waals surface area contributed by atoms with Gasteiger partial charge in [-0.15, -0.1) is 0 Å². The second kappa shape index (κ2) is 4.05. The van der Waals surface area contributed by atoms with E-state index in [0.29, 0.717) is 6.42 Å². The third-order valence-corrected chi connectivity index (χ3v) is 0.714. The molecule has 0 aromatic rings. The van der Waals surface area contributed by atoms with Crippen molar-refractivity contribution in [1.82, 2.24) is 0 Å². The largest absolute Gasteiger partial charge is 0.353 e. The first-order chi connectivity index (χ1) is 3.35. The quantitative estimate of drug-likeness (QED) is 0.329. The molecule has 0 aromatic heterocycles. The van der Waals surface area contributed by atoms with Gasteiger partial charge in [0.15, 0.2) is 6.29 Å². The molecule has 0 fully saturated rings. The minimum atomic E-state index is -0.458. The highest BCUT2D eigenvalue weighted by Gasteiger charge is 1.99. The van der Waals surface area contributed by atoms with Crippen LogP contribution < -0.4 is 0 Å². The van der Waals surface area contributed by atoms with Gasteiger partial charge in [0.1, 0.15) is 0 Å². The summed E-state index contributed by atoms with van der Waals surface area (Å²) < 4.78 is 4.58. The highest BCUT2D eigenvalue weighted by atomic mass is 17.1. The molecule has 0 spiro atoms. The van der Waals surface area contributed by atoms with Crippen molar-refractivity contribution < 1.29 is 14.9 Å². The van der Waals surface area contributed by atoms with E-state index in [1.807, 2.05) is 6.92 Å². The molecule has 0 amide bonds. The van der Waals surface area contributed by atoms with Crippen LogP contribution in [0.25, 0.3) is 0 Å². The number of ether oxygens (including phenoxy) is 1. The first-order valence-electron chi connectivity index (χ1n) is 2.18. The molecule has 0 rings (SSSR count). The van der Waals surface area contributed by atoms with Crippen LogP contribution in [-0.2, 0) is 9.62 Å². The molecule has 44 valence electrons. The summed E-state index contributed by atoms with van der Waals surface area (Å²) in [5.41, 5.74) is 0. The van der Waals surface area contributed by atoms with Gasteiger partial charge in [0.05, 0.1) is 0 Å². The van der Waals surface area contributed by atoms with Gasteiger partial charge in [-0.05, 0) is 6.42 Å².